The van der Waals surface area contributed by atoms with Crippen molar-refractivity contribution in [2.45, 2.75) is 32.5 Å². The van der Waals surface area contributed by atoms with Crippen molar-refractivity contribution in [1.82, 2.24) is 18.9 Å². The van der Waals surface area contributed by atoms with Gasteiger partial charge in [-0.1, -0.05) is 17.7 Å². The molecule has 0 atom stereocenters. The van der Waals surface area contributed by atoms with Crippen LogP contribution in [0.3, 0.4) is 0 Å². The van der Waals surface area contributed by atoms with E-state index in [1.807, 2.05) is 0 Å². The number of amides is 2. The molecule has 7 nitrogen and oxygen atoms in total. The van der Waals surface area contributed by atoms with Gasteiger partial charge in [0.05, 0.1) is 23.7 Å². The number of hydrogen-bond donors (Lipinski definition) is 0. The van der Waals surface area contributed by atoms with E-state index >= 15 is 0 Å². The van der Waals surface area contributed by atoms with E-state index in [-0.39, 0.29) is 35.5 Å². The number of hydrogen-bond acceptors (Lipinski definition) is 3. The SMILES string of the molecule is CN1CCCn2c(c3n(c2=O)CCN(C(=O)Cc2ccc(F)c(Cl)c2)C3)C1=O. The fourth-order valence-corrected chi connectivity index (χ4v) is 4.06. The van der Waals surface area contributed by atoms with Gasteiger partial charge in [-0.25, -0.2) is 9.18 Å². The Hall–Kier alpha value is -2.61. The molecule has 0 saturated heterocycles. The predicted octanol–water partition coefficient (Wildman–Crippen LogP) is 1.50. The van der Waals surface area contributed by atoms with Gasteiger partial charge in [-0.3, -0.25) is 18.7 Å². The molecular formula is C19H20ClFN4O3. The second-order valence-corrected chi connectivity index (χ2v) is 7.61. The van der Waals surface area contributed by atoms with Gasteiger partial charge in [-0.05, 0) is 24.1 Å². The van der Waals surface area contributed by atoms with Crippen molar-refractivity contribution in [2.24, 2.45) is 0 Å². The Morgan fingerprint density at radius 3 is 2.68 bits per heavy atom. The van der Waals surface area contributed by atoms with Crippen LogP contribution in [-0.2, 0) is 30.8 Å². The summed E-state index contributed by atoms with van der Waals surface area (Å²) in [7, 11) is 1.72. The number of nitrogens with zero attached hydrogens (tertiary/aromatic N) is 4. The third-order valence-corrected chi connectivity index (χ3v) is 5.67. The molecule has 0 radical (unpaired) electrons. The number of benzene rings is 1. The smallest absolute Gasteiger partial charge is 0.329 e. The first-order valence-corrected chi connectivity index (χ1v) is 9.54. The molecule has 4 rings (SSSR count). The first kappa shape index (κ1) is 18.7. The van der Waals surface area contributed by atoms with Gasteiger partial charge >= 0.3 is 5.69 Å². The summed E-state index contributed by atoms with van der Waals surface area (Å²) in [5.74, 6) is -0.877. The number of carbonyl (C=O) groups is 2. The third-order valence-electron chi connectivity index (χ3n) is 5.38. The lowest BCUT2D eigenvalue weighted by Gasteiger charge is -2.28. The van der Waals surface area contributed by atoms with Gasteiger partial charge in [-0.2, -0.15) is 0 Å². The van der Waals surface area contributed by atoms with Gasteiger partial charge in [0, 0.05) is 33.2 Å². The summed E-state index contributed by atoms with van der Waals surface area (Å²) in [6.45, 7) is 2.01. The molecule has 9 heteroatoms. The third kappa shape index (κ3) is 3.11. The van der Waals surface area contributed by atoms with Crippen LogP contribution >= 0.6 is 11.6 Å². The first-order chi connectivity index (χ1) is 13.4. The summed E-state index contributed by atoms with van der Waals surface area (Å²) in [6.07, 6.45) is 0.792. The Balaban J connectivity index is 1.61. The maximum Gasteiger partial charge on any atom is 0.329 e. The van der Waals surface area contributed by atoms with E-state index in [9.17, 15) is 18.8 Å². The summed E-state index contributed by atoms with van der Waals surface area (Å²) in [5, 5.41) is -0.0239. The molecule has 2 aromatic rings. The highest BCUT2D eigenvalue weighted by atomic mass is 35.5. The quantitative estimate of drug-likeness (QED) is 0.759. The molecule has 0 bridgehead atoms. The second kappa shape index (κ2) is 7.09. The Bertz CT molecular complexity index is 1030. The zero-order chi connectivity index (χ0) is 20.0. The Kier molecular flexibility index (Phi) is 4.74. The number of imidazole rings is 1. The van der Waals surface area contributed by atoms with Gasteiger partial charge < -0.3 is 9.80 Å². The van der Waals surface area contributed by atoms with Crippen LogP contribution in [-0.4, -0.2) is 50.9 Å². The number of carbonyl (C=O) groups excluding carboxylic acids is 2. The first-order valence-electron chi connectivity index (χ1n) is 9.16. The molecule has 3 heterocycles. The molecule has 0 unspecified atom stereocenters. The monoisotopic (exact) mass is 406 g/mol. The van der Waals surface area contributed by atoms with Crippen LogP contribution in [0.15, 0.2) is 23.0 Å². The minimum atomic E-state index is -0.529. The highest BCUT2D eigenvalue weighted by Gasteiger charge is 2.33. The lowest BCUT2D eigenvalue weighted by molar-refractivity contribution is -0.131. The van der Waals surface area contributed by atoms with Gasteiger partial charge in [0.1, 0.15) is 11.5 Å². The zero-order valence-corrected chi connectivity index (χ0v) is 16.2. The maximum atomic E-state index is 13.3. The number of fused-ring (bicyclic) bond motifs is 3. The Labute approximate surface area is 165 Å². The van der Waals surface area contributed by atoms with E-state index in [0.717, 1.165) is 0 Å². The van der Waals surface area contributed by atoms with Crippen LogP contribution in [0.4, 0.5) is 4.39 Å². The molecule has 0 saturated carbocycles. The topological polar surface area (TPSA) is 67.6 Å². The van der Waals surface area contributed by atoms with Crippen molar-refractivity contribution in [3.63, 3.8) is 0 Å². The number of rotatable bonds is 2. The van der Waals surface area contributed by atoms with Crippen molar-refractivity contribution < 1.29 is 14.0 Å². The van der Waals surface area contributed by atoms with Crippen molar-refractivity contribution >= 4 is 23.4 Å². The predicted molar refractivity (Wildman–Crippen MR) is 101 cm³/mol. The number of halogens is 2. The lowest BCUT2D eigenvalue weighted by atomic mass is 10.1. The van der Waals surface area contributed by atoms with Gasteiger partial charge in [0.2, 0.25) is 5.91 Å². The van der Waals surface area contributed by atoms with E-state index < -0.39 is 5.82 Å². The zero-order valence-electron chi connectivity index (χ0n) is 15.5. The van der Waals surface area contributed by atoms with Crippen LogP contribution < -0.4 is 5.69 Å². The van der Waals surface area contributed by atoms with Crippen LogP contribution in [0.5, 0.6) is 0 Å². The molecule has 148 valence electrons. The fourth-order valence-electron chi connectivity index (χ4n) is 3.86. The molecule has 2 amide bonds. The van der Waals surface area contributed by atoms with E-state index in [2.05, 4.69) is 0 Å². The minimum Gasteiger partial charge on any atom is -0.340 e. The second-order valence-electron chi connectivity index (χ2n) is 7.20. The summed E-state index contributed by atoms with van der Waals surface area (Å²) in [4.78, 5) is 41.5. The average molecular weight is 407 g/mol. The van der Waals surface area contributed by atoms with E-state index in [1.54, 1.807) is 21.4 Å². The standard InChI is InChI=1S/C19H20ClFN4O3/c1-22-5-2-6-25-17(18(22)27)15-11-23(7-8-24(15)19(25)28)16(26)10-12-3-4-14(21)13(20)9-12/h3-4,9H,2,5-8,10-11H2,1H3. The molecule has 0 fully saturated rings. The Morgan fingerprint density at radius 2 is 1.93 bits per heavy atom. The van der Waals surface area contributed by atoms with Crippen LogP contribution in [0.2, 0.25) is 5.02 Å². The molecule has 0 aliphatic carbocycles. The van der Waals surface area contributed by atoms with Crippen molar-refractivity contribution in [3.8, 4) is 0 Å². The molecule has 0 spiro atoms. The molecule has 2 aliphatic rings. The van der Waals surface area contributed by atoms with Gasteiger partial charge in [-0.15, -0.1) is 0 Å². The summed E-state index contributed by atoms with van der Waals surface area (Å²) in [6, 6.07) is 4.21. The molecule has 2 aliphatic heterocycles. The normalized spacial score (nSPS) is 16.6. The van der Waals surface area contributed by atoms with Gasteiger partial charge in [0.25, 0.3) is 5.91 Å². The molecule has 1 aromatic carbocycles. The highest BCUT2D eigenvalue weighted by molar-refractivity contribution is 6.30. The van der Waals surface area contributed by atoms with Crippen molar-refractivity contribution in [1.29, 1.82) is 0 Å². The van der Waals surface area contributed by atoms with E-state index in [1.165, 1.54) is 22.8 Å². The van der Waals surface area contributed by atoms with Crippen molar-refractivity contribution in [2.75, 3.05) is 20.1 Å². The van der Waals surface area contributed by atoms with E-state index in [0.29, 0.717) is 49.6 Å². The van der Waals surface area contributed by atoms with Gasteiger partial charge in [0.15, 0.2) is 0 Å². The van der Waals surface area contributed by atoms with Crippen LogP contribution in [0.1, 0.15) is 28.2 Å². The summed E-state index contributed by atoms with van der Waals surface area (Å²) >= 11 is 5.79. The molecular weight excluding hydrogens is 387 g/mol. The summed E-state index contributed by atoms with van der Waals surface area (Å²) in [5.41, 5.74) is 1.39. The highest BCUT2D eigenvalue weighted by Crippen LogP contribution is 2.22. The van der Waals surface area contributed by atoms with E-state index in [4.69, 9.17) is 11.6 Å². The van der Waals surface area contributed by atoms with Crippen molar-refractivity contribution in [3.05, 3.63) is 56.5 Å². The summed E-state index contributed by atoms with van der Waals surface area (Å²) < 4.78 is 16.5. The molecule has 0 N–H and O–H groups in total. The van der Waals surface area contributed by atoms with Crippen LogP contribution in [0.25, 0.3) is 0 Å². The number of aromatic nitrogens is 2. The minimum absolute atomic E-state index is 0.0239. The maximum absolute atomic E-state index is 13.3. The van der Waals surface area contributed by atoms with Crippen LogP contribution in [0, 0.1) is 5.82 Å². The fraction of sp³-hybridized carbons (Fsp3) is 0.421. The Morgan fingerprint density at radius 1 is 1.14 bits per heavy atom. The average Bonchev–Trinajstić information content (AvgIpc) is 2.85. The lowest BCUT2D eigenvalue weighted by Crippen LogP contribution is -2.42. The molecule has 28 heavy (non-hydrogen) atoms. The molecule has 1 aromatic heterocycles. The largest absolute Gasteiger partial charge is 0.340 e.